The minimum Gasteiger partial charge on any atom is -0.495 e. The monoisotopic (exact) mass is 1320 g/mol. The van der Waals surface area contributed by atoms with Crippen LogP contribution in [0.2, 0.25) is 5.02 Å². The predicted octanol–water partition coefficient (Wildman–Crippen LogP) is 7.34. The Hall–Kier alpha value is -8.47. The van der Waals surface area contributed by atoms with Gasteiger partial charge in [-0.2, -0.15) is 0 Å². The Kier molecular flexibility index (Phi) is 26.8. The van der Waals surface area contributed by atoms with Crippen molar-refractivity contribution in [3.8, 4) is 5.75 Å². The molecule has 0 spiro atoms. The van der Waals surface area contributed by atoms with E-state index in [4.69, 9.17) is 54.3 Å². The fourth-order valence-corrected chi connectivity index (χ4v) is 10.9. The summed E-state index contributed by atoms with van der Waals surface area (Å²) in [6.45, 7) is 5.62. The Bertz CT molecular complexity index is 3150. The summed E-state index contributed by atoms with van der Waals surface area (Å²) in [5, 5.41) is 20.6. The first-order valence-electron chi connectivity index (χ1n) is 30.7. The van der Waals surface area contributed by atoms with Gasteiger partial charge in [0, 0.05) is 61.2 Å². The molecule has 2 saturated heterocycles. The Balaban J connectivity index is 1.03. The molecule has 4 N–H and O–H groups in total. The van der Waals surface area contributed by atoms with Crippen LogP contribution >= 0.6 is 11.6 Å². The smallest absolute Gasteiger partial charge is 0.412 e. The summed E-state index contributed by atoms with van der Waals surface area (Å²) >= 11 is 6.83. The van der Waals surface area contributed by atoms with Crippen LogP contribution in [0, 0.1) is 5.92 Å². The van der Waals surface area contributed by atoms with Gasteiger partial charge < -0.3 is 72.8 Å². The van der Waals surface area contributed by atoms with E-state index in [1.165, 1.54) is 83.3 Å². The predicted molar refractivity (Wildman–Crippen MR) is 337 cm³/mol. The normalized spacial score (nSPS) is 24.2. The zero-order chi connectivity index (χ0) is 68.3. The van der Waals surface area contributed by atoms with Crippen LogP contribution in [-0.4, -0.2) is 202 Å². The number of aliphatic hydroxyl groups is 1. The molecule has 4 aliphatic rings. The highest BCUT2D eigenvalue weighted by atomic mass is 35.5. The summed E-state index contributed by atoms with van der Waals surface area (Å²) in [5.41, 5.74) is -0.499. The minimum absolute atomic E-state index is 0.0197. The first kappa shape index (κ1) is 73.6. The number of ether oxygens (including phenoxy) is 8. The first-order chi connectivity index (χ1) is 44.1. The maximum absolute atomic E-state index is 14.4. The topological polar surface area (TPSA) is 330 Å². The van der Waals surface area contributed by atoms with Gasteiger partial charge in [-0.15, -0.1) is 5.06 Å². The average Bonchev–Trinajstić information content (AvgIpc) is 1.59. The molecule has 8 amide bonds. The number of anilines is 3. The molecule has 29 heteroatoms. The van der Waals surface area contributed by atoms with Crippen molar-refractivity contribution in [1.82, 2.24) is 25.1 Å². The second-order valence-electron chi connectivity index (χ2n) is 23.6. The summed E-state index contributed by atoms with van der Waals surface area (Å²) in [6, 6.07) is 6.85. The average molecular weight is 1320 g/mol. The van der Waals surface area contributed by atoms with Crippen molar-refractivity contribution in [1.29, 1.82) is 0 Å². The number of hydrogen-bond acceptors (Lipinski definition) is 21. The number of imide groups is 1. The molecule has 28 nitrogen and oxygen atoms in total. The van der Waals surface area contributed by atoms with Crippen LogP contribution in [0.3, 0.4) is 0 Å². The van der Waals surface area contributed by atoms with E-state index in [1.807, 2.05) is 32.1 Å². The molecule has 2 aromatic carbocycles. The standard InChI is InChI=1S/C64H87ClN8O20/c1-39-18-17-21-49(86-10)64(84,68-60(81)87-11)28-26-40(2)57-63(4,92-57)50(36-54(77)72(8)47-34-43(32-39)35-48(85-9)56(47)65)91-58(79)41(3)71(7)51(74)27-31-88-61(82)69(5)29-30-70(6)62(83)89-38-42-22-23-45(67-59(80)90-44-19-15-13-12-14-16-20-44)46(33-42)66-37-55(78)93-73-52(75)24-25-53(73)76/h15,17-19,21-23,33-35,40-41,44,49-50,57,66,84H,12-14,16,20,24-32,36-38H2,1-11H3,(H,67,80)(H,68,81)/b19-15+,21-17+,39-18+/t40-,41+,44?,49-,50+,57+,63+,64+/m1/s1. The van der Waals surface area contributed by atoms with Gasteiger partial charge in [0.15, 0.2) is 5.72 Å². The number of carbonyl (C=O) groups excluding carboxylic acids is 10. The summed E-state index contributed by atoms with van der Waals surface area (Å²) in [6.07, 6.45) is 6.42. The van der Waals surface area contributed by atoms with Gasteiger partial charge in [-0.25, -0.2) is 28.8 Å². The molecule has 3 aliphatic heterocycles. The molecule has 1 unspecified atom stereocenters. The summed E-state index contributed by atoms with van der Waals surface area (Å²) in [7, 11) is 9.78. The van der Waals surface area contributed by atoms with Gasteiger partial charge in [0.1, 0.15) is 60.5 Å². The molecule has 93 heavy (non-hydrogen) atoms. The number of alkyl carbamates (subject to hydrolysis) is 1. The maximum atomic E-state index is 14.4. The van der Waals surface area contributed by atoms with Crippen LogP contribution in [0.15, 0.2) is 66.3 Å². The van der Waals surface area contributed by atoms with Gasteiger partial charge >= 0.3 is 36.3 Å². The molecular formula is C64H87ClN8O20. The van der Waals surface area contributed by atoms with Crippen molar-refractivity contribution < 1.29 is 95.8 Å². The molecule has 0 radical (unpaired) electrons. The lowest BCUT2D eigenvalue weighted by atomic mass is 9.86. The second-order valence-corrected chi connectivity index (χ2v) is 24.0. The van der Waals surface area contributed by atoms with Crippen molar-refractivity contribution in [3.05, 3.63) is 82.4 Å². The van der Waals surface area contributed by atoms with E-state index in [0.717, 1.165) is 41.7 Å². The quantitative estimate of drug-likeness (QED) is 0.0251. The van der Waals surface area contributed by atoms with Gasteiger partial charge in [0.05, 0.1) is 50.2 Å². The number of hydrogen-bond donors (Lipinski definition) is 4. The van der Waals surface area contributed by atoms with E-state index in [0.29, 0.717) is 34.9 Å². The number of allylic oxidation sites excluding steroid dienone is 4. The number of nitrogens with one attached hydrogen (secondary N) is 3. The number of benzene rings is 2. The SMILES string of the molecule is COC(=O)N[C@]1(O)CC[C@@H](C)[C@@H]2O[C@@]2(C)[C@@H](OC(=O)[C@H](C)N(C)C(=O)CCOC(=O)N(C)CCN(C)C(=O)OCc2ccc(NC(=O)OC3/C=C/CCCCC3)c(NCC(=O)ON3C(=O)CCC3=O)c2)CC(=O)N(C)c2cc(cc(OC)c2Cl)C/C(C)=C/C=C/[C@H]1OC. The second kappa shape index (κ2) is 33.9. The van der Waals surface area contributed by atoms with Gasteiger partial charge in [-0.3, -0.25) is 29.8 Å². The summed E-state index contributed by atoms with van der Waals surface area (Å²) in [5.74, 6) is -4.32. The molecular weight excluding hydrogens is 1240 g/mol. The number of amides is 8. The Morgan fingerprint density at radius 1 is 0.871 bits per heavy atom. The number of fused-ring (bicyclic) bond motifs is 3. The molecule has 510 valence electrons. The number of hydroxylamine groups is 2. The number of rotatable bonds is 20. The van der Waals surface area contributed by atoms with Crippen molar-refractivity contribution in [2.24, 2.45) is 5.92 Å². The molecule has 2 aromatic rings. The van der Waals surface area contributed by atoms with E-state index < -0.39 is 115 Å². The van der Waals surface area contributed by atoms with Crippen molar-refractivity contribution in [2.45, 2.75) is 153 Å². The van der Waals surface area contributed by atoms with E-state index in [1.54, 1.807) is 37.3 Å². The molecule has 2 fully saturated rings. The molecule has 3 heterocycles. The third kappa shape index (κ3) is 20.5. The molecule has 1 aliphatic carbocycles. The van der Waals surface area contributed by atoms with Crippen molar-refractivity contribution in [2.75, 3.05) is 91.3 Å². The molecule has 8 atom stereocenters. The third-order valence-corrected chi connectivity index (χ3v) is 17.0. The lowest BCUT2D eigenvalue weighted by Gasteiger charge is -2.34. The molecule has 2 bridgehead atoms. The van der Waals surface area contributed by atoms with Crippen LogP contribution in [-0.2, 0) is 79.8 Å². The fourth-order valence-electron chi connectivity index (χ4n) is 10.6. The van der Waals surface area contributed by atoms with Gasteiger partial charge in [0.25, 0.3) is 11.8 Å². The van der Waals surface area contributed by atoms with Crippen LogP contribution in [0.1, 0.15) is 109 Å². The van der Waals surface area contributed by atoms with Gasteiger partial charge in [0.2, 0.25) is 11.8 Å². The Morgan fingerprint density at radius 3 is 2.25 bits per heavy atom. The number of carbonyl (C=O) groups is 10. The van der Waals surface area contributed by atoms with Crippen molar-refractivity contribution >= 4 is 88.6 Å². The van der Waals surface area contributed by atoms with E-state index in [9.17, 15) is 53.1 Å². The van der Waals surface area contributed by atoms with E-state index >= 15 is 0 Å². The summed E-state index contributed by atoms with van der Waals surface area (Å²) < 4.78 is 45.2. The van der Waals surface area contributed by atoms with Crippen LogP contribution in [0.5, 0.6) is 5.75 Å². The number of halogens is 1. The lowest BCUT2D eigenvalue weighted by molar-refractivity contribution is -0.196. The zero-order valence-electron chi connectivity index (χ0n) is 54.6. The molecule has 6 rings (SSSR count). The van der Waals surface area contributed by atoms with E-state index in [-0.39, 0.29) is 80.7 Å². The van der Waals surface area contributed by atoms with Crippen LogP contribution in [0.25, 0.3) is 0 Å². The first-order valence-corrected chi connectivity index (χ1v) is 31.0. The number of nitrogens with zero attached hydrogens (tertiary/aromatic N) is 5. The third-order valence-electron chi connectivity index (χ3n) is 16.6. The number of likely N-dealkylation sites (N-methyl/N-ethyl adjacent to an activating group) is 3. The Morgan fingerprint density at radius 2 is 1.57 bits per heavy atom. The number of methoxy groups -OCH3 is 3. The van der Waals surface area contributed by atoms with Crippen LogP contribution < -0.4 is 25.6 Å². The lowest BCUT2D eigenvalue weighted by Crippen LogP contribution is -2.57. The van der Waals surface area contributed by atoms with Crippen molar-refractivity contribution in [3.63, 3.8) is 0 Å². The minimum atomic E-state index is -1.96. The number of esters is 1. The summed E-state index contributed by atoms with van der Waals surface area (Å²) in [4.78, 5) is 141. The largest absolute Gasteiger partial charge is 0.495 e. The highest BCUT2D eigenvalue weighted by molar-refractivity contribution is 6.35. The van der Waals surface area contributed by atoms with Gasteiger partial charge in [-0.05, 0) is 113 Å². The Labute approximate surface area is 546 Å². The van der Waals surface area contributed by atoms with Crippen LogP contribution in [0.4, 0.5) is 36.2 Å². The fraction of sp³-hybridized carbons (Fsp3) is 0.562. The molecule has 0 aromatic heterocycles. The number of epoxide rings is 1. The van der Waals surface area contributed by atoms with E-state index in [2.05, 4.69) is 16.0 Å². The maximum Gasteiger partial charge on any atom is 0.412 e. The zero-order valence-corrected chi connectivity index (χ0v) is 55.3. The highest BCUT2D eigenvalue weighted by Crippen LogP contribution is 2.48. The van der Waals surface area contributed by atoms with Gasteiger partial charge in [-0.1, -0.05) is 60.9 Å². The highest BCUT2D eigenvalue weighted by Gasteiger charge is 2.62. The molecule has 0 saturated carbocycles.